The minimum absolute atomic E-state index is 0.0243. The summed E-state index contributed by atoms with van der Waals surface area (Å²) in [5.74, 6) is -0.146. The molecule has 0 saturated carbocycles. The van der Waals surface area contributed by atoms with Gasteiger partial charge in [-0.05, 0) is 12.8 Å². The number of carbonyl (C=O) groups excluding carboxylic acids is 1. The lowest BCUT2D eigenvalue weighted by molar-refractivity contribution is -0.158. The highest BCUT2D eigenvalue weighted by molar-refractivity contribution is 5.72. The smallest absolute Gasteiger partial charge is 0.327 e. The zero-order valence-corrected chi connectivity index (χ0v) is 6.63. The molecule has 0 unspecified atom stereocenters. The lowest BCUT2D eigenvalue weighted by Crippen LogP contribution is -2.28. The van der Waals surface area contributed by atoms with Crippen molar-refractivity contribution in [1.29, 1.82) is 0 Å². The molecule has 1 heterocycles. The van der Waals surface area contributed by atoms with Gasteiger partial charge < -0.3 is 9.57 Å². The third-order valence-corrected chi connectivity index (χ3v) is 1.76. The number of nitrogens with one attached hydrogen (secondary N) is 1. The molecule has 0 atom stereocenters. The summed E-state index contributed by atoms with van der Waals surface area (Å²) in [6, 6.07) is 0. The van der Waals surface area contributed by atoms with Gasteiger partial charge in [0.05, 0.1) is 5.92 Å². The van der Waals surface area contributed by atoms with E-state index in [0.29, 0.717) is 13.2 Å². The monoisotopic (exact) mass is 159 g/mol. The van der Waals surface area contributed by atoms with Crippen LogP contribution in [0.1, 0.15) is 12.8 Å². The molecule has 11 heavy (non-hydrogen) atoms. The van der Waals surface area contributed by atoms with Crippen LogP contribution < -0.4 is 5.48 Å². The highest BCUT2D eigenvalue weighted by Crippen LogP contribution is 2.15. The van der Waals surface area contributed by atoms with Crippen molar-refractivity contribution in [2.24, 2.45) is 5.92 Å². The number of carbonyl (C=O) groups is 1. The van der Waals surface area contributed by atoms with Crippen LogP contribution in [-0.2, 0) is 14.4 Å². The van der Waals surface area contributed by atoms with E-state index < -0.39 is 0 Å². The van der Waals surface area contributed by atoms with Gasteiger partial charge in [-0.1, -0.05) is 0 Å². The molecule has 1 saturated heterocycles. The normalized spacial score (nSPS) is 19.7. The summed E-state index contributed by atoms with van der Waals surface area (Å²) in [6.07, 6.45) is 1.56. The van der Waals surface area contributed by atoms with Crippen molar-refractivity contribution in [1.82, 2.24) is 5.48 Å². The van der Waals surface area contributed by atoms with Crippen LogP contribution in [0.15, 0.2) is 0 Å². The first-order valence-electron chi connectivity index (χ1n) is 3.79. The number of rotatable bonds is 2. The molecule has 0 spiro atoms. The zero-order chi connectivity index (χ0) is 8.10. The van der Waals surface area contributed by atoms with Gasteiger partial charge in [0.25, 0.3) is 0 Å². The van der Waals surface area contributed by atoms with Gasteiger partial charge in [-0.3, -0.25) is 4.79 Å². The maximum absolute atomic E-state index is 11.1. The Morgan fingerprint density at radius 1 is 1.55 bits per heavy atom. The minimum Gasteiger partial charge on any atom is -0.381 e. The molecular weight excluding hydrogens is 146 g/mol. The fraction of sp³-hybridized carbons (Fsp3) is 0.857. The van der Waals surface area contributed by atoms with Crippen LogP contribution in [0, 0.1) is 5.92 Å². The molecule has 1 aliphatic heterocycles. The Hall–Kier alpha value is -0.610. The highest BCUT2D eigenvalue weighted by atomic mass is 16.7. The predicted molar refractivity (Wildman–Crippen MR) is 38.7 cm³/mol. The topological polar surface area (TPSA) is 47.6 Å². The molecule has 0 aromatic carbocycles. The fourth-order valence-corrected chi connectivity index (χ4v) is 1.12. The quantitative estimate of drug-likeness (QED) is 0.580. The first-order valence-corrected chi connectivity index (χ1v) is 3.79. The van der Waals surface area contributed by atoms with E-state index in [9.17, 15) is 4.79 Å². The van der Waals surface area contributed by atoms with E-state index in [1.54, 1.807) is 7.05 Å². The maximum atomic E-state index is 11.1. The molecule has 0 aromatic rings. The van der Waals surface area contributed by atoms with Crippen LogP contribution in [-0.4, -0.2) is 26.2 Å². The van der Waals surface area contributed by atoms with Gasteiger partial charge in [-0.2, -0.15) is 5.48 Å². The Labute approximate surface area is 65.8 Å². The third kappa shape index (κ3) is 2.48. The van der Waals surface area contributed by atoms with E-state index in [1.165, 1.54) is 0 Å². The summed E-state index contributed by atoms with van der Waals surface area (Å²) in [5.41, 5.74) is 2.37. The average Bonchev–Trinajstić information content (AvgIpc) is 2.07. The van der Waals surface area contributed by atoms with E-state index in [2.05, 4.69) is 10.3 Å². The van der Waals surface area contributed by atoms with Crippen LogP contribution >= 0.6 is 0 Å². The molecule has 0 aliphatic carbocycles. The second-order valence-electron chi connectivity index (χ2n) is 2.51. The van der Waals surface area contributed by atoms with Gasteiger partial charge in [-0.15, -0.1) is 0 Å². The molecule has 1 N–H and O–H groups in total. The molecule has 1 aliphatic rings. The van der Waals surface area contributed by atoms with Crippen molar-refractivity contribution in [2.75, 3.05) is 20.3 Å². The van der Waals surface area contributed by atoms with Gasteiger partial charge in [0.1, 0.15) is 0 Å². The summed E-state index contributed by atoms with van der Waals surface area (Å²) < 4.78 is 5.10. The molecule has 4 heteroatoms. The number of ether oxygens (including phenoxy) is 1. The van der Waals surface area contributed by atoms with Crippen LogP contribution in [0.5, 0.6) is 0 Å². The van der Waals surface area contributed by atoms with Gasteiger partial charge in [-0.25, -0.2) is 0 Å². The molecule has 0 bridgehead atoms. The standard InChI is InChI=1S/C7H13NO3/c1-8-11-7(9)6-2-4-10-5-3-6/h6,8H,2-5H2,1H3. The Bertz CT molecular complexity index is 132. The minimum atomic E-state index is -0.171. The van der Waals surface area contributed by atoms with Gasteiger partial charge in [0.2, 0.25) is 0 Å². The number of hydrogen-bond donors (Lipinski definition) is 1. The number of hydroxylamine groups is 1. The molecule has 0 aromatic heterocycles. The first-order chi connectivity index (χ1) is 5.34. The van der Waals surface area contributed by atoms with Gasteiger partial charge in [0.15, 0.2) is 0 Å². The van der Waals surface area contributed by atoms with Gasteiger partial charge in [0, 0.05) is 20.3 Å². The van der Waals surface area contributed by atoms with E-state index >= 15 is 0 Å². The summed E-state index contributed by atoms with van der Waals surface area (Å²) >= 11 is 0. The molecule has 0 radical (unpaired) electrons. The molecular formula is C7H13NO3. The van der Waals surface area contributed by atoms with Crippen LogP contribution in [0.2, 0.25) is 0 Å². The summed E-state index contributed by atoms with van der Waals surface area (Å²) in [4.78, 5) is 15.7. The lowest BCUT2D eigenvalue weighted by Gasteiger charge is -2.19. The zero-order valence-electron chi connectivity index (χ0n) is 6.63. The first kappa shape index (κ1) is 8.49. The van der Waals surface area contributed by atoms with E-state index in [-0.39, 0.29) is 11.9 Å². The highest BCUT2D eigenvalue weighted by Gasteiger charge is 2.22. The van der Waals surface area contributed by atoms with Crippen molar-refractivity contribution in [3.63, 3.8) is 0 Å². The van der Waals surface area contributed by atoms with Crippen molar-refractivity contribution < 1.29 is 14.4 Å². The molecule has 64 valence electrons. The fourth-order valence-electron chi connectivity index (χ4n) is 1.12. The molecule has 0 amide bonds. The Balaban J connectivity index is 2.27. The van der Waals surface area contributed by atoms with E-state index in [1.807, 2.05) is 0 Å². The van der Waals surface area contributed by atoms with Crippen molar-refractivity contribution in [3.05, 3.63) is 0 Å². The second kappa shape index (κ2) is 4.31. The maximum Gasteiger partial charge on any atom is 0.327 e. The Kier molecular flexibility index (Phi) is 3.32. The van der Waals surface area contributed by atoms with Crippen molar-refractivity contribution in [3.8, 4) is 0 Å². The second-order valence-corrected chi connectivity index (χ2v) is 2.51. The van der Waals surface area contributed by atoms with Crippen molar-refractivity contribution in [2.45, 2.75) is 12.8 Å². The van der Waals surface area contributed by atoms with Crippen LogP contribution in [0.3, 0.4) is 0 Å². The Morgan fingerprint density at radius 2 is 2.18 bits per heavy atom. The van der Waals surface area contributed by atoms with E-state index in [4.69, 9.17) is 4.74 Å². The van der Waals surface area contributed by atoms with E-state index in [0.717, 1.165) is 12.8 Å². The van der Waals surface area contributed by atoms with Crippen LogP contribution in [0.4, 0.5) is 0 Å². The molecule has 1 fully saturated rings. The summed E-state index contributed by atoms with van der Waals surface area (Å²) in [6.45, 7) is 1.34. The summed E-state index contributed by atoms with van der Waals surface area (Å²) in [7, 11) is 1.58. The Morgan fingerprint density at radius 3 is 2.73 bits per heavy atom. The van der Waals surface area contributed by atoms with Gasteiger partial charge >= 0.3 is 5.97 Å². The van der Waals surface area contributed by atoms with Crippen LogP contribution in [0.25, 0.3) is 0 Å². The SMILES string of the molecule is CNOC(=O)C1CCOCC1. The predicted octanol–water partition coefficient (Wildman–Crippen LogP) is 0.0906. The molecule has 4 nitrogen and oxygen atoms in total. The number of hydrogen-bond acceptors (Lipinski definition) is 4. The largest absolute Gasteiger partial charge is 0.381 e. The summed E-state index contributed by atoms with van der Waals surface area (Å²) in [5, 5.41) is 0. The lowest BCUT2D eigenvalue weighted by atomic mass is 10.0. The third-order valence-electron chi connectivity index (χ3n) is 1.76. The average molecular weight is 159 g/mol. The molecule has 1 rings (SSSR count). The van der Waals surface area contributed by atoms with Crippen molar-refractivity contribution >= 4 is 5.97 Å².